The summed E-state index contributed by atoms with van der Waals surface area (Å²) in [4.78, 5) is 25.3. The fraction of sp³-hybridized carbons (Fsp3) is 0.250. The number of fused-ring (bicyclic) bond motifs is 1. The number of anilines is 2. The number of carbonyl (C=O) groups is 1. The van der Waals surface area contributed by atoms with Gasteiger partial charge in [0, 0.05) is 37.1 Å². The van der Waals surface area contributed by atoms with Gasteiger partial charge in [0.05, 0.1) is 5.69 Å². The molecule has 6 nitrogen and oxygen atoms in total. The predicted octanol–water partition coefficient (Wildman–Crippen LogP) is 5.49. The number of nitrogens with two attached hydrogens (primary N) is 1. The molecule has 1 saturated heterocycles. The maximum Gasteiger partial charge on any atom is 0.319 e. The Bertz CT molecular complexity index is 1270. The zero-order valence-corrected chi connectivity index (χ0v) is 19.2. The van der Waals surface area contributed by atoms with E-state index in [1.165, 1.54) is 10.8 Å². The van der Waals surface area contributed by atoms with Crippen molar-refractivity contribution in [2.45, 2.75) is 19.3 Å². The highest BCUT2D eigenvalue weighted by molar-refractivity contribution is 5.90. The van der Waals surface area contributed by atoms with Crippen LogP contribution in [-0.2, 0) is 0 Å². The largest absolute Gasteiger partial charge is 0.351 e. The van der Waals surface area contributed by atoms with Crippen molar-refractivity contribution in [1.82, 2.24) is 9.97 Å². The first-order valence-corrected chi connectivity index (χ1v) is 11.9. The molecule has 0 bridgehead atoms. The van der Waals surface area contributed by atoms with Crippen LogP contribution in [0.1, 0.15) is 19.3 Å². The molecule has 2 heterocycles. The number of nitrogens with zero attached hydrogens (tertiary/aromatic N) is 4. The highest BCUT2D eigenvalue weighted by Crippen LogP contribution is 2.27. The fourth-order valence-electron chi connectivity index (χ4n) is 4.72. The molecule has 34 heavy (non-hydrogen) atoms. The van der Waals surface area contributed by atoms with E-state index in [0.29, 0.717) is 12.5 Å². The van der Waals surface area contributed by atoms with E-state index in [0.717, 1.165) is 55.2 Å². The molecule has 0 spiro atoms. The fourth-order valence-corrected chi connectivity index (χ4v) is 4.72. The Balaban J connectivity index is 1.21. The van der Waals surface area contributed by atoms with E-state index >= 15 is 0 Å². The molecule has 172 valence electrons. The number of benzene rings is 3. The van der Waals surface area contributed by atoms with Crippen LogP contribution in [0.4, 0.5) is 16.4 Å². The summed E-state index contributed by atoms with van der Waals surface area (Å²) in [5.74, 6) is 1.33. The number of piperidine rings is 1. The Hall–Kier alpha value is -3.93. The molecule has 0 atom stereocenters. The SMILES string of the molecule is NC(=O)N(CCC1CCN(c2nccc(-c3ccc4ccccc4c3)n2)CC1)c1ccccc1. The van der Waals surface area contributed by atoms with Gasteiger partial charge in [-0.1, -0.05) is 54.6 Å². The first-order valence-electron chi connectivity index (χ1n) is 11.9. The Morgan fingerprint density at radius 1 is 0.941 bits per heavy atom. The average Bonchev–Trinajstić information content (AvgIpc) is 2.89. The Morgan fingerprint density at radius 3 is 2.44 bits per heavy atom. The minimum atomic E-state index is -0.400. The maximum atomic E-state index is 12.0. The number of hydrogen-bond donors (Lipinski definition) is 1. The van der Waals surface area contributed by atoms with Gasteiger partial charge in [-0.15, -0.1) is 0 Å². The predicted molar refractivity (Wildman–Crippen MR) is 138 cm³/mol. The van der Waals surface area contributed by atoms with Crippen LogP contribution >= 0.6 is 0 Å². The quantitative estimate of drug-likeness (QED) is 0.421. The lowest BCUT2D eigenvalue weighted by molar-refractivity contribution is 0.253. The molecule has 5 rings (SSSR count). The molecule has 1 aliphatic rings. The van der Waals surface area contributed by atoms with Crippen LogP contribution in [0.2, 0.25) is 0 Å². The first-order chi connectivity index (χ1) is 16.7. The van der Waals surface area contributed by atoms with Crippen LogP contribution in [0.15, 0.2) is 85.1 Å². The molecule has 2 amide bonds. The minimum Gasteiger partial charge on any atom is -0.351 e. The number of primary amides is 1. The van der Waals surface area contributed by atoms with Gasteiger partial charge in [-0.25, -0.2) is 14.8 Å². The van der Waals surface area contributed by atoms with Crippen molar-refractivity contribution in [1.29, 1.82) is 0 Å². The normalized spacial score (nSPS) is 14.3. The Morgan fingerprint density at radius 2 is 1.68 bits per heavy atom. The molecule has 1 aliphatic heterocycles. The van der Waals surface area contributed by atoms with E-state index in [2.05, 4.69) is 52.3 Å². The summed E-state index contributed by atoms with van der Waals surface area (Å²) in [6, 6.07) is 26.0. The topological polar surface area (TPSA) is 75.4 Å². The Kier molecular flexibility index (Phi) is 6.38. The number of urea groups is 1. The summed E-state index contributed by atoms with van der Waals surface area (Å²) in [5, 5.41) is 2.44. The molecule has 2 N–H and O–H groups in total. The van der Waals surface area contributed by atoms with Crippen LogP contribution in [0.25, 0.3) is 22.0 Å². The second-order valence-corrected chi connectivity index (χ2v) is 8.85. The van der Waals surface area contributed by atoms with Crippen LogP contribution in [0.5, 0.6) is 0 Å². The number of para-hydroxylation sites is 1. The molecule has 4 aromatic rings. The summed E-state index contributed by atoms with van der Waals surface area (Å²) >= 11 is 0. The van der Waals surface area contributed by atoms with Crippen molar-refractivity contribution in [2.24, 2.45) is 11.7 Å². The number of rotatable bonds is 6. The smallest absolute Gasteiger partial charge is 0.319 e. The highest BCUT2D eigenvalue weighted by atomic mass is 16.2. The van der Waals surface area contributed by atoms with E-state index in [4.69, 9.17) is 10.7 Å². The van der Waals surface area contributed by atoms with E-state index < -0.39 is 6.03 Å². The van der Waals surface area contributed by atoms with Gasteiger partial charge in [0.2, 0.25) is 5.95 Å². The molecule has 0 radical (unpaired) electrons. The van der Waals surface area contributed by atoms with E-state index in [9.17, 15) is 4.79 Å². The van der Waals surface area contributed by atoms with Gasteiger partial charge in [-0.3, -0.25) is 4.90 Å². The van der Waals surface area contributed by atoms with E-state index in [1.807, 2.05) is 42.6 Å². The summed E-state index contributed by atoms with van der Waals surface area (Å²) in [7, 11) is 0. The number of amides is 2. The van der Waals surface area contributed by atoms with Gasteiger partial charge in [0.15, 0.2) is 0 Å². The minimum absolute atomic E-state index is 0.400. The monoisotopic (exact) mass is 451 g/mol. The van der Waals surface area contributed by atoms with Crippen molar-refractivity contribution >= 4 is 28.4 Å². The maximum absolute atomic E-state index is 12.0. The van der Waals surface area contributed by atoms with Crippen molar-refractivity contribution < 1.29 is 4.79 Å². The lowest BCUT2D eigenvalue weighted by Crippen LogP contribution is -2.39. The van der Waals surface area contributed by atoms with Crippen molar-refractivity contribution in [3.63, 3.8) is 0 Å². The third-order valence-electron chi connectivity index (χ3n) is 6.68. The van der Waals surface area contributed by atoms with Crippen LogP contribution < -0.4 is 15.5 Å². The molecule has 3 aromatic carbocycles. The lowest BCUT2D eigenvalue weighted by Gasteiger charge is -2.33. The number of aromatic nitrogens is 2. The first kappa shape index (κ1) is 21.9. The third kappa shape index (κ3) is 4.86. The van der Waals surface area contributed by atoms with Crippen LogP contribution in [-0.4, -0.2) is 35.6 Å². The lowest BCUT2D eigenvalue weighted by atomic mass is 9.93. The molecule has 6 heteroatoms. The zero-order valence-electron chi connectivity index (χ0n) is 19.2. The number of hydrogen-bond acceptors (Lipinski definition) is 4. The van der Waals surface area contributed by atoms with Gasteiger partial charge in [0.25, 0.3) is 0 Å². The van der Waals surface area contributed by atoms with Gasteiger partial charge < -0.3 is 10.6 Å². The van der Waals surface area contributed by atoms with Crippen LogP contribution in [0, 0.1) is 5.92 Å². The zero-order chi connectivity index (χ0) is 23.3. The molecule has 1 aromatic heterocycles. The Labute approximate surface area is 200 Å². The molecular weight excluding hydrogens is 422 g/mol. The van der Waals surface area contributed by atoms with Gasteiger partial charge in [0.1, 0.15) is 0 Å². The average molecular weight is 452 g/mol. The van der Waals surface area contributed by atoms with Gasteiger partial charge >= 0.3 is 6.03 Å². The molecule has 1 fully saturated rings. The van der Waals surface area contributed by atoms with Crippen molar-refractivity contribution in [3.05, 3.63) is 85.1 Å². The van der Waals surface area contributed by atoms with E-state index in [-0.39, 0.29) is 0 Å². The van der Waals surface area contributed by atoms with Gasteiger partial charge in [-0.2, -0.15) is 0 Å². The second kappa shape index (κ2) is 9.91. The number of carbonyl (C=O) groups excluding carboxylic acids is 1. The standard InChI is InChI=1S/C28H29N5O/c29-27(34)33(25-8-2-1-3-9-25)19-15-21-13-17-32(18-14-21)28-30-16-12-26(31-28)24-11-10-22-6-4-5-7-23(22)20-24/h1-12,16,20-21H,13-15,17-19H2,(H2,29,34). The molecular formula is C28H29N5O. The highest BCUT2D eigenvalue weighted by Gasteiger charge is 2.23. The summed E-state index contributed by atoms with van der Waals surface area (Å²) in [5.41, 5.74) is 8.53. The summed E-state index contributed by atoms with van der Waals surface area (Å²) in [6.45, 7) is 2.46. The van der Waals surface area contributed by atoms with E-state index in [1.54, 1.807) is 4.90 Å². The van der Waals surface area contributed by atoms with Crippen molar-refractivity contribution in [3.8, 4) is 11.3 Å². The van der Waals surface area contributed by atoms with Crippen molar-refractivity contribution in [2.75, 3.05) is 29.4 Å². The third-order valence-corrected chi connectivity index (χ3v) is 6.68. The summed E-state index contributed by atoms with van der Waals surface area (Å²) < 4.78 is 0. The molecule has 0 unspecified atom stereocenters. The summed E-state index contributed by atoms with van der Waals surface area (Å²) in [6.07, 6.45) is 4.88. The van der Waals surface area contributed by atoms with Gasteiger partial charge in [-0.05, 0) is 60.2 Å². The molecule has 0 saturated carbocycles. The van der Waals surface area contributed by atoms with Crippen LogP contribution in [0.3, 0.4) is 0 Å². The molecule has 0 aliphatic carbocycles. The second-order valence-electron chi connectivity index (χ2n) is 8.85.